The van der Waals surface area contributed by atoms with Crippen LogP contribution < -0.4 is 0 Å². The van der Waals surface area contributed by atoms with E-state index in [1.807, 2.05) is 6.92 Å². The molecule has 0 spiro atoms. The number of unbranched alkanes of at least 4 members (excludes halogenated alkanes) is 12. The molecule has 0 bridgehead atoms. The first kappa shape index (κ1) is 31.9. The van der Waals surface area contributed by atoms with E-state index >= 15 is 0 Å². The highest BCUT2D eigenvalue weighted by Gasteiger charge is 2.47. The number of hydrogen-bond donors (Lipinski definition) is 2. The minimum absolute atomic E-state index is 0.0974. The van der Waals surface area contributed by atoms with Crippen LogP contribution in [0.4, 0.5) is 0 Å². The molecule has 2 aliphatic rings. The van der Waals surface area contributed by atoms with E-state index in [0.717, 1.165) is 18.8 Å². The van der Waals surface area contributed by atoms with Crippen LogP contribution in [0.3, 0.4) is 0 Å². The Balaban J connectivity index is 1.51. The van der Waals surface area contributed by atoms with Gasteiger partial charge in [-0.1, -0.05) is 97.3 Å². The van der Waals surface area contributed by atoms with Gasteiger partial charge in [-0.05, 0) is 19.3 Å². The van der Waals surface area contributed by atoms with E-state index < -0.39 is 30.7 Å². The van der Waals surface area contributed by atoms with E-state index in [1.165, 1.54) is 77.0 Å². The van der Waals surface area contributed by atoms with Gasteiger partial charge in [0.1, 0.15) is 30.5 Å². The van der Waals surface area contributed by atoms with Gasteiger partial charge in [-0.2, -0.15) is 0 Å². The Labute approximate surface area is 220 Å². The summed E-state index contributed by atoms with van der Waals surface area (Å²) in [4.78, 5) is 0. The summed E-state index contributed by atoms with van der Waals surface area (Å²) in [6.07, 6.45) is 15.0. The first-order valence-electron chi connectivity index (χ1n) is 15.0. The molecule has 2 unspecified atom stereocenters. The average molecular weight is 517 g/mol. The molecule has 2 saturated heterocycles. The molecule has 36 heavy (non-hydrogen) atoms. The van der Waals surface area contributed by atoms with Crippen molar-refractivity contribution < 1.29 is 33.9 Å². The van der Waals surface area contributed by atoms with Crippen LogP contribution in [0.5, 0.6) is 0 Å². The zero-order chi connectivity index (χ0) is 26.0. The van der Waals surface area contributed by atoms with Crippen molar-refractivity contribution in [3.8, 4) is 0 Å². The molecule has 0 radical (unpaired) electrons. The Hall–Kier alpha value is -0.280. The standard InChI is InChI=1S/C29H56O7/c1-4-32-29-28(35-22-24-21-34-24)27(26(31)25(20-30)36-29)33-19-17-15-13-11-9-7-5-6-8-10-12-14-16-18-23(2)3/h23-31H,4-22H2,1-3H3/t24?,25-,26-,27+,28-,29?/m1/s1. The Bertz CT molecular complexity index is 514. The second kappa shape index (κ2) is 19.7. The molecule has 7 nitrogen and oxygen atoms in total. The van der Waals surface area contributed by atoms with Crippen molar-refractivity contribution in [2.75, 3.05) is 33.0 Å². The predicted octanol–water partition coefficient (Wildman–Crippen LogP) is 5.39. The molecule has 0 aliphatic carbocycles. The Kier molecular flexibility index (Phi) is 17.5. The van der Waals surface area contributed by atoms with E-state index in [2.05, 4.69) is 13.8 Å². The van der Waals surface area contributed by atoms with Crippen LogP contribution >= 0.6 is 0 Å². The highest BCUT2D eigenvalue weighted by Crippen LogP contribution is 2.28. The zero-order valence-corrected chi connectivity index (χ0v) is 23.4. The van der Waals surface area contributed by atoms with E-state index in [4.69, 9.17) is 23.7 Å². The lowest BCUT2D eigenvalue weighted by atomic mass is 9.98. The lowest BCUT2D eigenvalue weighted by molar-refractivity contribution is -0.315. The van der Waals surface area contributed by atoms with Gasteiger partial charge in [0, 0.05) is 13.2 Å². The van der Waals surface area contributed by atoms with Crippen LogP contribution in [0.2, 0.25) is 0 Å². The molecule has 7 heteroatoms. The molecule has 2 N–H and O–H groups in total. The zero-order valence-electron chi connectivity index (χ0n) is 23.4. The summed E-state index contributed by atoms with van der Waals surface area (Å²) >= 11 is 0. The summed E-state index contributed by atoms with van der Waals surface area (Å²) in [5.74, 6) is 0.852. The fourth-order valence-corrected chi connectivity index (χ4v) is 4.91. The molecule has 2 rings (SSSR count). The van der Waals surface area contributed by atoms with E-state index in [0.29, 0.717) is 26.4 Å². The van der Waals surface area contributed by atoms with Gasteiger partial charge in [-0.15, -0.1) is 0 Å². The second-order valence-corrected chi connectivity index (χ2v) is 11.0. The molecule has 2 fully saturated rings. The number of ether oxygens (including phenoxy) is 5. The van der Waals surface area contributed by atoms with Gasteiger partial charge in [0.15, 0.2) is 6.29 Å². The maximum absolute atomic E-state index is 10.7. The van der Waals surface area contributed by atoms with Gasteiger partial charge in [-0.3, -0.25) is 0 Å². The van der Waals surface area contributed by atoms with Crippen molar-refractivity contribution in [3.05, 3.63) is 0 Å². The van der Waals surface area contributed by atoms with Crippen molar-refractivity contribution >= 4 is 0 Å². The Morgan fingerprint density at radius 3 is 1.83 bits per heavy atom. The van der Waals surface area contributed by atoms with Gasteiger partial charge in [-0.25, -0.2) is 0 Å². The topological polar surface area (TPSA) is 89.9 Å². The lowest BCUT2D eigenvalue weighted by Crippen LogP contribution is -2.61. The van der Waals surface area contributed by atoms with Crippen molar-refractivity contribution in [1.29, 1.82) is 0 Å². The first-order chi connectivity index (χ1) is 17.6. The van der Waals surface area contributed by atoms with Crippen LogP contribution in [0.25, 0.3) is 0 Å². The maximum atomic E-state index is 10.7. The van der Waals surface area contributed by atoms with Crippen LogP contribution in [-0.4, -0.2) is 80.1 Å². The molecule has 0 saturated carbocycles. The highest BCUT2D eigenvalue weighted by atomic mass is 16.7. The summed E-state index contributed by atoms with van der Waals surface area (Å²) in [6, 6.07) is 0. The van der Waals surface area contributed by atoms with E-state index in [-0.39, 0.29) is 12.7 Å². The average Bonchev–Trinajstić information content (AvgIpc) is 3.69. The monoisotopic (exact) mass is 516 g/mol. The molecule has 0 aromatic rings. The molecule has 0 aromatic carbocycles. The minimum atomic E-state index is -0.961. The van der Waals surface area contributed by atoms with Crippen LogP contribution in [0.15, 0.2) is 0 Å². The van der Waals surface area contributed by atoms with Crippen molar-refractivity contribution in [2.45, 2.75) is 147 Å². The lowest BCUT2D eigenvalue weighted by Gasteiger charge is -2.43. The van der Waals surface area contributed by atoms with Gasteiger partial charge < -0.3 is 33.9 Å². The Morgan fingerprint density at radius 2 is 1.33 bits per heavy atom. The molecular weight excluding hydrogens is 460 g/mol. The fourth-order valence-electron chi connectivity index (χ4n) is 4.91. The maximum Gasteiger partial charge on any atom is 0.186 e. The molecule has 0 aromatic heterocycles. The van der Waals surface area contributed by atoms with Crippen LogP contribution in [-0.2, 0) is 23.7 Å². The Morgan fingerprint density at radius 1 is 0.778 bits per heavy atom. The molecule has 6 atom stereocenters. The summed E-state index contributed by atoms with van der Waals surface area (Å²) < 4.78 is 28.8. The minimum Gasteiger partial charge on any atom is -0.394 e. The van der Waals surface area contributed by atoms with Gasteiger partial charge in [0.25, 0.3) is 0 Å². The number of epoxide rings is 1. The largest absolute Gasteiger partial charge is 0.394 e. The SMILES string of the molecule is CCOC1O[C@H](CO)[C@@H](O)[C@H](OCCCCCCCCCCCCCCCC(C)C)[C@H]1OCC1CO1. The third kappa shape index (κ3) is 13.5. The molecular formula is C29H56O7. The van der Waals surface area contributed by atoms with E-state index in [9.17, 15) is 10.2 Å². The summed E-state index contributed by atoms with van der Waals surface area (Å²) in [5, 5.41) is 20.4. The van der Waals surface area contributed by atoms with Gasteiger partial charge in [0.05, 0.1) is 19.8 Å². The quantitative estimate of drug-likeness (QED) is 0.139. The summed E-state index contributed by atoms with van der Waals surface area (Å²) in [6.45, 7) is 8.34. The smallest absolute Gasteiger partial charge is 0.186 e. The van der Waals surface area contributed by atoms with Gasteiger partial charge in [0.2, 0.25) is 0 Å². The van der Waals surface area contributed by atoms with Crippen LogP contribution in [0, 0.1) is 5.92 Å². The van der Waals surface area contributed by atoms with Crippen molar-refractivity contribution in [2.24, 2.45) is 5.92 Å². The first-order valence-corrected chi connectivity index (χ1v) is 15.0. The third-order valence-corrected chi connectivity index (χ3v) is 7.24. The summed E-state index contributed by atoms with van der Waals surface area (Å²) in [5.41, 5.74) is 0. The second-order valence-electron chi connectivity index (χ2n) is 11.0. The fraction of sp³-hybridized carbons (Fsp3) is 1.00. The van der Waals surface area contributed by atoms with Crippen molar-refractivity contribution in [1.82, 2.24) is 0 Å². The molecule has 0 amide bonds. The molecule has 2 aliphatic heterocycles. The summed E-state index contributed by atoms with van der Waals surface area (Å²) in [7, 11) is 0. The molecule has 2 heterocycles. The molecule has 214 valence electrons. The van der Waals surface area contributed by atoms with Crippen LogP contribution in [0.1, 0.15) is 111 Å². The van der Waals surface area contributed by atoms with E-state index in [1.54, 1.807) is 0 Å². The van der Waals surface area contributed by atoms with Gasteiger partial charge >= 0.3 is 0 Å². The normalized spacial score (nSPS) is 28.2. The number of rotatable bonds is 23. The highest BCUT2D eigenvalue weighted by molar-refractivity contribution is 4.92. The predicted molar refractivity (Wildman–Crippen MR) is 142 cm³/mol. The number of aliphatic hydroxyl groups excluding tert-OH is 2. The number of hydrogen-bond acceptors (Lipinski definition) is 7. The number of aliphatic hydroxyl groups is 2. The third-order valence-electron chi connectivity index (χ3n) is 7.24. The van der Waals surface area contributed by atoms with Crippen molar-refractivity contribution in [3.63, 3.8) is 0 Å².